The maximum atomic E-state index is 10.9. The molecule has 0 atom stereocenters. The Morgan fingerprint density at radius 1 is 1.21 bits per heavy atom. The first-order valence-corrected chi connectivity index (χ1v) is 9.72. The minimum atomic E-state index is -0.859. The Balaban J connectivity index is 1.41. The number of aliphatic carboxylic acids is 1. The van der Waals surface area contributed by atoms with Crippen LogP contribution in [0.2, 0.25) is 0 Å². The average molecular weight is 393 g/mol. The molecule has 0 amide bonds. The summed E-state index contributed by atoms with van der Waals surface area (Å²) in [6.45, 7) is 2.56. The lowest BCUT2D eigenvalue weighted by Crippen LogP contribution is -2.07. The van der Waals surface area contributed by atoms with Crippen molar-refractivity contribution in [3.05, 3.63) is 65.6 Å². The SMILES string of the molecule is Cc1sc(-c2ccncc2)nc1CCOc1ccc2c(ccn2CC(=O)O)c1. The number of thiazole rings is 1. The van der Waals surface area contributed by atoms with Crippen LogP contribution >= 0.6 is 11.3 Å². The average Bonchev–Trinajstić information content (AvgIpc) is 3.26. The number of hydrogen-bond acceptors (Lipinski definition) is 5. The van der Waals surface area contributed by atoms with Crippen LogP contribution in [0.15, 0.2) is 55.0 Å². The Labute approximate surface area is 166 Å². The molecule has 0 aliphatic carbocycles. The molecule has 4 rings (SSSR count). The van der Waals surface area contributed by atoms with Crippen LogP contribution in [0, 0.1) is 6.92 Å². The molecule has 0 radical (unpaired) electrons. The summed E-state index contributed by atoms with van der Waals surface area (Å²) >= 11 is 1.68. The van der Waals surface area contributed by atoms with Crippen LogP contribution in [-0.4, -0.2) is 32.2 Å². The van der Waals surface area contributed by atoms with E-state index in [4.69, 9.17) is 14.8 Å². The first-order chi connectivity index (χ1) is 13.6. The number of benzene rings is 1. The third-order valence-corrected chi connectivity index (χ3v) is 5.54. The van der Waals surface area contributed by atoms with Crippen molar-refractivity contribution in [3.63, 3.8) is 0 Å². The highest BCUT2D eigenvalue weighted by molar-refractivity contribution is 7.15. The van der Waals surface area contributed by atoms with E-state index in [-0.39, 0.29) is 6.54 Å². The molecule has 0 saturated heterocycles. The zero-order valence-electron chi connectivity index (χ0n) is 15.3. The van der Waals surface area contributed by atoms with Crippen molar-refractivity contribution >= 4 is 28.2 Å². The van der Waals surface area contributed by atoms with Gasteiger partial charge in [-0.1, -0.05) is 0 Å². The molecule has 4 aromatic rings. The fourth-order valence-electron chi connectivity index (χ4n) is 3.10. The van der Waals surface area contributed by atoms with Gasteiger partial charge in [0.2, 0.25) is 0 Å². The maximum Gasteiger partial charge on any atom is 0.323 e. The number of ether oxygens (including phenoxy) is 1. The number of rotatable bonds is 7. The molecule has 0 aliphatic heterocycles. The van der Waals surface area contributed by atoms with Gasteiger partial charge in [0.1, 0.15) is 17.3 Å². The standard InChI is InChI=1S/C21H19N3O3S/c1-14-18(23-21(28-14)15-4-8-22-9-5-15)7-11-27-17-2-3-19-16(12-17)6-10-24(19)13-20(25)26/h2-6,8-10,12H,7,11,13H2,1H3,(H,25,26). The monoisotopic (exact) mass is 393 g/mol. The molecule has 0 fully saturated rings. The van der Waals surface area contributed by atoms with E-state index in [1.165, 1.54) is 4.88 Å². The van der Waals surface area contributed by atoms with Crippen LogP contribution in [0.5, 0.6) is 5.75 Å². The number of nitrogens with zero attached hydrogens (tertiary/aromatic N) is 3. The van der Waals surface area contributed by atoms with Crippen molar-refractivity contribution in [2.24, 2.45) is 0 Å². The molecule has 1 aromatic carbocycles. The van der Waals surface area contributed by atoms with Crippen molar-refractivity contribution in [1.82, 2.24) is 14.5 Å². The lowest BCUT2D eigenvalue weighted by molar-refractivity contribution is -0.137. The predicted molar refractivity (Wildman–Crippen MR) is 109 cm³/mol. The summed E-state index contributed by atoms with van der Waals surface area (Å²) in [7, 11) is 0. The number of aryl methyl sites for hydroxylation is 1. The fourth-order valence-corrected chi connectivity index (χ4v) is 4.06. The summed E-state index contributed by atoms with van der Waals surface area (Å²) in [5, 5.41) is 10.9. The van der Waals surface area contributed by atoms with Crippen molar-refractivity contribution in [2.45, 2.75) is 19.9 Å². The van der Waals surface area contributed by atoms with E-state index in [1.54, 1.807) is 34.5 Å². The van der Waals surface area contributed by atoms with E-state index >= 15 is 0 Å². The summed E-state index contributed by atoms with van der Waals surface area (Å²) in [5.41, 5.74) is 3.00. The van der Waals surface area contributed by atoms with E-state index in [0.717, 1.165) is 39.3 Å². The van der Waals surface area contributed by atoms with Crippen LogP contribution in [0.25, 0.3) is 21.5 Å². The van der Waals surface area contributed by atoms with E-state index in [2.05, 4.69) is 11.9 Å². The van der Waals surface area contributed by atoms with Crippen LogP contribution < -0.4 is 4.74 Å². The van der Waals surface area contributed by atoms with Gasteiger partial charge in [-0.3, -0.25) is 9.78 Å². The first kappa shape index (κ1) is 18.2. The summed E-state index contributed by atoms with van der Waals surface area (Å²) < 4.78 is 7.62. The number of fused-ring (bicyclic) bond motifs is 1. The normalized spacial score (nSPS) is 11.0. The van der Waals surface area contributed by atoms with Crippen molar-refractivity contribution in [1.29, 1.82) is 0 Å². The second-order valence-corrected chi connectivity index (χ2v) is 7.62. The van der Waals surface area contributed by atoms with E-state index in [1.807, 2.05) is 36.4 Å². The number of carbonyl (C=O) groups is 1. The maximum absolute atomic E-state index is 10.9. The molecule has 0 unspecified atom stereocenters. The summed E-state index contributed by atoms with van der Waals surface area (Å²) in [5.74, 6) is -0.0922. The van der Waals surface area contributed by atoms with Gasteiger partial charge >= 0.3 is 5.97 Å². The number of carboxylic acid groups (broad SMARTS) is 1. The fraction of sp³-hybridized carbons (Fsp3) is 0.190. The van der Waals surface area contributed by atoms with Crippen molar-refractivity contribution < 1.29 is 14.6 Å². The molecule has 0 spiro atoms. The third-order valence-electron chi connectivity index (χ3n) is 4.48. The number of hydrogen-bond donors (Lipinski definition) is 1. The molecule has 3 aromatic heterocycles. The van der Waals surface area contributed by atoms with Gasteiger partial charge < -0.3 is 14.4 Å². The molecule has 142 valence electrons. The van der Waals surface area contributed by atoms with Crippen LogP contribution in [-0.2, 0) is 17.8 Å². The van der Waals surface area contributed by atoms with Crippen molar-refractivity contribution in [3.8, 4) is 16.3 Å². The molecular formula is C21H19N3O3S. The van der Waals surface area contributed by atoms with Crippen LogP contribution in [0.4, 0.5) is 0 Å². The second-order valence-electron chi connectivity index (χ2n) is 6.41. The topological polar surface area (TPSA) is 77.2 Å². The number of aromatic nitrogens is 3. The van der Waals surface area contributed by atoms with E-state index < -0.39 is 5.97 Å². The van der Waals surface area contributed by atoms with Gasteiger partial charge in [-0.2, -0.15) is 0 Å². The molecule has 0 saturated carbocycles. The smallest absolute Gasteiger partial charge is 0.323 e. The predicted octanol–water partition coefficient (Wildman–Crippen LogP) is 4.17. The van der Waals surface area contributed by atoms with Gasteiger partial charge in [0.25, 0.3) is 0 Å². The molecule has 1 N–H and O–H groups in total. The van der Waals surface area contributed by atoms with Gasteiger partial charge in [-0.05, 0) is 43.3 Å². The first-order valence-electron chi connectivity index (χ1n) is 8.90. The molecule has 3 heterocycles. The molecule has 28 heavy (non-hydrogen) atoms. The van der Waals surface area contributed by atoms with E-state index in [0.29, 0.717) is 6.61 Å². The Morgan fingerprint density at radius 3 is 2.82 bits per heavy atom. The third kappa shape index (κ3) is 3.89. The van der Waals surface area contributed by atoms with Gasteiger partial charge in [-0.15, -0.1) is 11.3 Å². The molecule has 0 aliphatic rings. The summed E-state index contributed by atoms with van der Waals surface area (Å²) in [4.78, 5) is 20.9. The molecule has 6 nitrogen and oxygen atoms in total. The van der Waals surface area contributed by atoms with Crippen LogP contribution in [0.1, 0.15) is 10.6 Å². The van der Waals surface area contributed by atoms with Gasteiger partial charge in [0.15, 0.2) is 0 Å². The summed E-state index contributed by atoms with van der Waals surface area (Å²) in [6.07, 6.45) is 6.05. The summed E-state index contributed by atoms with van der Waals surface area (Å²) in [6, 6.07) is 11.5. The van der Waals surface area contributed by atoms with Crippen molar-refractivity contribution in [2.75, 3.05) is 6.61 Å². The van der Waals surface area contributed by atoms with Gasteiger partial charge in [0.05, 0.1) is 12.3 Å². The highest BCUT2D eigenvalue weighted by Crippen LogP contribution is 2.28. The van der Waals surface area contributed by atoms with Crippen LogP contribution in [0.3, 0.4) is 0 Å². The second kappa shape index (κ2) is 7.82. The molecule has 0 bridgehead atoms. The lowest BCUT2D eigenvalue weighted by Gasteiger charge is -2.07. The highest BCUT2D eigenvalue weighted by Gasteiger charge is 2.10. The van der Waals surface area contributed by atoms with Gasteiger partial charge in [-0.25, -0.2) is 4.98 Å². The zero-order valence-corrected chi connectivity index (χ0v) is 16.1. The Hall–Kier alpha value is -3.19. The zero-order chi connectivity index (χ0) is 19.5. The largest absolute Gasteiger partial charge is 0.493 e. The Bertz CT molecular complexity index is 1120. The highest BCUT2D eigenvalue weighted by atomic mass is 32.1. The minimum absolute atomic E-state index is 0.0490. The van der Waals surface area contributed by atoms with Gasteiger partial charge in [0, 0.05) is 46.4 Å². The Morgan fingerprint density at radius 2 is 2.04 bits per heavy atom. The molecule has 7 heteroatoms. The lowest BCUT2D eigenvalue weighted by atomic mass is 10.2. The van der Waals surface area contributed by atoms with E-state index in [9.17, 15) is 4.79 Å². The minimum Gasteiger partial charge on any atom is -0.493 e. The Kier molecular flexibility index (Phi) is 5.08. The molecular weight excluding hydrogens is 374 g/mol. The number of pyridine rings is 1. The number of carboxylic acids is 1. The quantitative estimate of drug-likeness (QED) is 0.510.